The highest BCUT2D eigenvalue weighted by molar-refractivity contribution is 6.32. The van der Waals surface area contributed by atoms with Gasteiger partial charge in [0.05, 0.1) is 4.92 Å². The Morgan fingerprint density at radius 1 is 1.48 bits per heavy atom. The summed E-state index contributed by atoms with van der Waals surface area (Å²) in [6.07, 6.45) is 1.42. The van der Waals surface area contributed by atoms with Gasteiger partial charge in [-0.1, -0.05) is 25.4 Å². The topological polar surface area (TPSA) is 122 Å². The largest absolute Gasteiger partial charge is 0.480 e. The van der Waals surface area contributed by atoms with Crippen LogP contribution in [0.2, 0.25) is 5.15 Å². The van der Waals surface area contributed by atoms with Crippen LogP contribution in [0.4, 0.5) is 5.69 Å². The van der Waals surface area contributed by atoms with Crippen molar-refractivity contribution >= 4 is 29.2 Å². The normalized spacial score (nSPS) is 11.0. The second-order valence-electron chi connectivity index (χ2n) is 4.30. The van der Waals surface area contributed by atoms with Gasteiger partial charge in [0.1, 0.15) is 11.1 Å². The Morgan fingerprint density at radius 2 is 2.05 bits per heavy atom. The molecule has 1 heterocycles. The zero-order valence-corrected chi connectivity index (χ0v) is 12.2. The maximum Gasteiger partial charge on any atom is 0.329 e. The van der Waals surface area contributed by atoms with Crippen LogP contribution in [0.25, 0.3) is 0 Å². The maximum atomic E-state index is 12.2. The summed E-state index contributed by atoms with van der Waals surface area (Å²) >= 11 is 5.62. The molecule has 0 aromatic carbocycles. The van der Waals surface area contributed by atoms with Crippen molar-refractivity contribution in [1.82, 2.24) is 10.3 Å². The molecular formula is C12H14ClN3O5. The second-order valence-corrected chi connectivity index (χ2v) is 4.66. The quantitative estimate of drug-likeness (QED) is 0.470. The number of nitrogens with one attached hydrogen (secondary N) is 1. The van der Waals surface area contributed by atoms with Crippen LogP contribution in [0.15, 0.2) is 12.3 Å². The molecule has 0 saturated heterocycles. The van der Waals surface area contributed by atoms with E-state index in [-0.39, 0.29) is 18.4 Å². The molecule has 21 heavy (non-hydrogen) atoms. The molecule has 8 nitrogen and oxygen atoms in total. The van der Waals surface area contributed by atoms with Crippen molar-refractivity contribution in [2.75, 3.05) is 0 Å². The van der Waals surface area contributed by atoms with Crippen molar-refractivity contribution in [3.63, 3.8) is 0 Å². The Morgan fingerprint density at radius 3 is 2.48 bits per heavy atom. The summed E-state index contributed by atoms with van der Waals surface area (Å²) < 4.78 is 0. The minimum atomic E-state index is -1.49. The molecule has 0 aliphatic rings. The molecule has 0 saturated carbocycles. The molecule has 1 aromatic rings. The number of carbonyl (C=O) groups is 2. The summed E-state index contributed by atoms with van der Waals surface area (Å²) in [5, 5.41) is 22.1. The Labute approximate surface area is 125 Å². The minimum absolute atomic E-state index is 0.136. The van der Waals surface area contributed by atoms with Crippen molar-refractivity contribution < 1.29 is 19.6 Å². The molecule has 0 aliphatic carbocycles. The van der Waals surface area contributed by atoms with Gasteiger partial charge in [0.2, 0.25) is 5.15 Å². The predicted octanol–water partition coefficient (Wildman–Crippen LogP) is 2.02. The van der Waals surface area contributed by atoms with Crippen molar-refractivity contribution in [3.05, 3.63) is 33.1 Å². The molecule has 0 atom stereocenters. The van der Waals surface area contributed by atoms with Crippen LogP contribution in [0.3, 0.4) is 0 Å². The lowest BCUT2D eigenvalue weighted by molar-refractivity contribution is -0.385. The fourth-order valence-corrected chi connectivity index (χ4v) is 2.08. The van der Waals surface area contributed by atoms with Crippen LogP contribution in [0, 0.1) is 10.1 Å². The van der Waals surface area contributed by atoms with Crippen LogP contribution in [0.5, 0.6) is 0 Å². The monoisotopic (exact) mass is 315 g/mol. The first-order chi connectivity index (χ1) is 9.79. The summed E-state index contributed by atoms with van der Waals surface area (Å²) in [7, 11) is 0. The van der Waals surface area contributed by atoms with Crippen molar-refractivity contribution in [2.24, 2.45) is 0 Å². The first-order valence-electron chi connectivity index (χ1n) is 6.13. The van der Waals surface area contributed by atoms with E-state index in [9.17, 15) is 24.8 Å². The lowest BCUT2D eigenvalue weighted by Gasteiger charge is -2.27. The molecule has 1 amide bonds. The molecule has 0 fully saturated rings. The van der Waals surface area contributed by atoms with E-state index >= 15 is 0 Å². The lowest BCUT2D eigenvalue weighted by atomic mass is 9.92. The molecule has 0 spiro atoms. The van der Waals surface area contributed by atoms with Gasteiger partial charge in [0, 0.05) is 6.20 Å². The van der Waals surface area contributed by atoms with E-state index in [1.165, 1.54) is 0 Å². The average Bonchev–Trinajstić information content (AvgIpc) is 2.43. The van der Waals surface area contributed by atoms with E-state index in [1.807, 2.05) is 0 Å². The van der Waals surface area contributed by atoms with E-state index in [1.54, 1.807) is 13.8 Å². The van der Waals surface area contributed by atoms with Crippen LogP contribution in [-0.2, 0) is 4.79 Å². The number of aromatic nitrogens is 1. The summed E-state index contributed by atoms with van der Waals surface area (Å²) in [5.74, 6) is -2.08. The SMILES string of the molecule is CCC(CC)(NC(=O)c1ccnc(Cl)c1[N+](=O)[O-])C(=O)O. The smallest absolute Gasteiger partial charge is 0.329 e. The number of rotatable bonds is 6. The van der Waals surface area contributed by atoms with Crippen molar-refractivity contribution in [3.8, 4) is 0 Å². The maximum absolute atomic E-state index is 12.2. The first-order valence-corrected chi connectivity index (χ1v) is 6.51. The van der Waals surface area contributed by atoms with Gasteiger partial charge in [-0.3, -0.25) is 14.9 Å². The molecule has 1 rings (SSSR count). The lowest BCUT2D eigenvalue weighted by Crippen LogP contribution is -2.53. The molecule has 2 N–H and O–H groups in total. The number of aliphatic carboxylic acids is 1. The third kappa shape index (κ3) is 3.27. The van der Waals surface area contributed by atoms with Crippen LogP contribution >= 0.6 is 11.6 Å². The molecule has 0 unspecified atom stereocenters. The number of carbonyl (C=O) groups excluding carboxylic acids is 1. The standard InChI is InChI=1S/C12H14ClN3O5/c1-3-12(4-2,11(18)19)15-10(17)7-5-6-14-9(13)8(7)16(20)21/h5-6H,3-4H2,1-2H3,(H,15,17)(H,18,19). The predicted molar refractivity (Wildman–Crippen MR) is 74.3 cm³/mol. The number of carboxylic acid groups (broad SMARTS) is 1. The Hall–Kier alpha value is -2.22. The molecule has 1 aromatic heterocycles. The number of pyridine rings is 1. The number of hydrogen-bond acceptors (Lipinski definition) is 5. The number of nitrogens with zero attached hydrogens (tertiary/aromatic N) is 2. The summed E-state index contributed by atoms with van der Waals surface area (Å²) in [6, 6.07) is 1.12. The number of halogens is 1. The number of nitro groups is 1. The highest BCUT2D eigenvalue weighted by atomic mass is 35.5. The number of hydrogen-bond donors (Lipinski definition) is 2. The number of carboxylic acids is 1. The van der Waals surface area contributed by atoms with E-state index < -0.39 is 33.2 Å². The highest BCUT2D eigenvalue weighted by Gasteiger charge is 2.38. The van der Waals surface area contributed by atoms with Gasteiger partial charge in [-0.25, -0.2) is 9.78 Å². The van der Waals surface area contributed by atoms with Crippen LogP contribution in [0.1, 0.15) is 37.0 Å². The highest BCUT2D eigenvalue weighted by Crippen LogP contribution is 2.27. The number of amides is 1. The van der Waals surface area contributed by atoms with E-state index in [0.29, 0.717) is 0 Å². The third-order valence-electron chi connectivity index (χ3n) is 3.28. The van der Waals surface area contributed by atoms with Gasteiger partial charge in [-0.2, -0.15) is 0 Å². The van der Waals surface area contributed by atoms with Crippen LogP contribution < -0.4 is 5.32 Å². The molecular weight excluding hydrogens is 302 g/mol. The van der Waals surface area contributed by atoms with Gasteiger partial charge in [0.25, 0.3) is 5.91 Å². The Kier molecular flexibility index (Phi) is 5.20. The molecule has 114 valence electrons. The van der Waals surface area contributed by atoms with Crippen LogP contribution in [-0.4, -0.2) is 32.4 Å². The van der Waals surface area contributed by atoms with E-state index in [2.05, 4.69) is 10.3 Å². The molecule has 0 bridgehead atoms. The second kappa shape index (κ2) is 6.49. The van der Waals surface area contributed by atoms with Crippen molar-refractivity contribution in [2.45, 2.75) is 32.2 Å². The van der Waals surface area contributed by atoms with Gasteiger partial charge in [-0.05, 0) is 18.9 Å². The Bertz CT molecular complexity index is 586. The van der Waals surface area contributed by atoms with Gasteiger partial charge in [-0.15, -0.1) is 0 Å². The fourth-order valence-electron chi connectivity index (χ4n) is 1.85. The van der Waals surface area contributed by atoms with E-state index in [4.69, 9.17) is 11.6 Å². The zero-order chi connectivity index (χ0) is 16.2. The third-order valence-corrected chi connectivity index (χ3v) is 3.55. The minimum Gasteiger partial charge on any atom is -0.480 e. The molecule has 0 radical (unpaired) electrons. The first kappa shape index (κ1) is 16.8. The zero-order valence-electron chi connectivity index (χ0n) is 11.4. The van der Waals surface area contributed by atoms with E-state index in [0.717, 1.165) is 12.3 Å². The van der Waals surface area contributed by atoms with Gasteiger partial charge >= 0.3 is 11.7 Å². The average molecular weight is 316 g/mol. The Balaban J connectivity index is 3.24. The summed E-state index contributed by atoms with van der Waals surface area (Å²) in [5.41, 5.74) is -2.46. The van der Waals surface area contributed by atoms with Crippen molar-refractivity contribution in [1.29, 1.82) is 0 Å². The summed E-state index contributed by atoms with van der Waals surface area (Å²) in [4.78, 5) is 37.2. The summed E-state index contributed by atoms with van der Waals surface area (Å²) in [6.45, 7) is 3.21. The van der Waals surface area contributed by atoms with Gasteiger partial charge < -0.3 is 10.4 Å². The fraction of sp³-hybridized carbons (Fsp3) is 0.417. The molecule has 0 aliphatic heterocycles. The van der Waals surface area contributed by atoms with Gasteiger partial charge in [0.15, 0.2) is 0 Å². The molecule has 9 heteroatoms.